The van der Waals surface area contributed by atoms with E-state index in [1.54, 1.807) is 0 Å². The molecule has 5 nitrogen and oxygen atoms in total. The van der Waals surface area contributed by atoms with Gasteiger partial charge < -0.3 is 15.7 Å². The smallest absolute Gasteiger partial charge is 0.227 e. The van der Waals surface area contributed by atoms with Gasteiger partial charge in [-0.2, -0.15) is 0 Å². The summed E-state index contributed by atoms with van der Waals surface area (Å²) in [7, 11) is 2.50. The van der Waals surface area contributed by atoms with Crippen LogP contribution in [-0.4, -0.2) is 30.3 Å². The number of benzene rings is 2. The number of ketones is 1. The third-order valence-corrected chi connectivity index (χ3v) is 6.07. The van der Waals surface area contributed by atoms with Gasteiger partial charge in [-0.3, -0.25) is 9.59 Å². The fourth-order valence-electron chi connectivity index (χ4n) is 3.91. The van der Waals surface area contributed by atoms with Crippen molar-refractivity contribution in [3.63, 3.8) is 0 Å². The number of hydrogen-bond acceptors (Lipinski definition) is 4. The summed E-state index contributed by atoms with van der Waals surface area (Å²) in [5, 5.41) is 9.52. The molecule has 1 amide bonds. The molecule has 1 unspecified atom stereocenters. The third-order valence-electron chi connectivity index (χ3n) is 5.78. The molecule has 0 radical (unpaired) electrons. The molecule has 0 saturated heterocycles. The van der Waals surface area contributed by atoms with Crippen LogP contribution in [0, 0.1) is 5.92 Å². The van der Waals surface area contributed by atoms with Crippen molar-refractivity contribution in [1.29, 1.82) is 0 Å². The van der Waals surface area contributed by atoms with E-state index in [1.807, 2.05) is 68.4 Å². The maximum absolute atomic E-state index is 13.4. The van der Waals surface area contributed by atoms with Crippen LogP contribution in [0.5, 0.6) is 0 Å². The SMILES string of the molecule is CCc1ccc(NC(=O)[C@H](CCCCNP)CC(=O)[C@H](Cc2ccccc2)NC(C)C)cc1. The molecule has 2 rings (SSSR count). The Kier molecular flexibility index (Phi) is 12.3. The number of aryl methyl sites for hydroxylation is 1. The quantitative estimate of drug-likeness (QED) is 0.256. The van der Waals surface area contributed by atoms with Gasteiger partial charge in [-0.1, -0.05) is 79.0 Å². The minimum Gasteiger partial charge on any atom is -0.326 e. The second-order valence-corrected chi connectivity index (χ2v) is 9.33. The maximum Gasteiger partial charge on any atom is 0.227 e. The van der Waals surface area contributed by atoms with Gasteiger partial charge in [0.15, 0.2) is 5.78 Å². The lowest BCUT2D eigenvalue weighted by Gasteiger charge is -2.23. The lowest BCUT2D eigenvalue weighted by atomic mass is 9.90. The summed E-state index contributed by atoms with van der Waals surface area (Å²) in [5.74, 6) is -0.326. The van der Waals surface area contributed by atoms with E-state index in [0.29, 0.717) is 12.8 Å². The Hall–Kier alpha value is -2.07. The minimum atomic E-state index is -0.347. The van der Waals surface area contributed by atoms with Crippen molar-refractivity contribution in [2.24, 2.45) is 5.92 Å². The molecule has 0 heterocycles. The molecular formula is C27H40N3O2P. The lowest BCUT2D eigenvalue weighted by Crippen LogP contribution is -2.43. The van der Waals surface area contributed by atoms with Gasteiger partial charge in [0, 0.05) is 24.1 Å². The molecule has 0 spiro atoms. The normalized spacial score (nSPS) is 13.0. The number of hydrogen-bond donors (Lipinski definition) is 3. The minimum absolute atomic E-state index is 0.0746. The molecule has 0 aliphatic rings. The van der Waals surface area contributed by atoms with Gasteiger partial charge >= 0.3 is 0 Å². The molecule has 33 heavy (non-hydrogen) atoms. The second-order valence-electron chi connectivity index (χ2n) is 8.92. The number of nitrogens with one attached hydrogen (secondary N) is 3. The molecule has 180 valence electrons. The Bertz CT molecular complexity index is 840. The first kappa shape index (κ1) is 27.2. The zero-order valence-electron chi connectivity index (χ0n) is 20.3. The fourth-order valence-corrected chi connectivity index (χ4v) is 4.12. The van der Waals surface area contributed by atoms with Crippen LogP contribution in [0.2, 0.25) is 0 Å². The summed E-state index contributed by atoms with van der Waals surface area (Å²) in [6.07, 6.45) is 4.37. The number of unbranched alkanes of at least 4 members (excludes halogenated alkanes) is 1. The molecule has 0 fully saturated rings. The lowest BCUT2D eigenvalue weighted by molar-refractivity contribution is -0.127. The maximum atomic E-state index is 13.4. The van der Waals surface area contributed by atoms with Gasteiger partial charge in [-0.25, -0.2) is 0 Å². The van der Waals surface area contributed by atoms with Gasteiger partial charge in [0.25, 0.3) is 0 Å². The Morgan fingerprint density at radius 1 is 0.939 bits per heavy atom. The predicted molar refractivity (Wildman–Crippen MR) is 141 cm³/mol. The average Bonchev–Trinajstić information content (AvgIpc) is 2.81. The van der Waals surface area contributed by atoms with E-state index in [-0.39, 0.29) is 36.1 Å². The molecule has 6 heteroatoms. The summed E-state index contributed by atoms with van der Waals surface area (Å²) < 4.78 is 0. The number of carbonyl (C=O) groups excluding carboxylic acids is 2. The van der Waals surface area contributed by atoms with E-state index in [0.717, 1.165) is 37.1 Å². The van der Waals surface area contributed by atoms with Crippen LogP contribution in [0.1, 0.15) is 57.6 Å². The Balaban J connectivity index is 2.10. The molecule has 0 saturated carbocycles. The highest BCUT2D eigenvalue weighted by molar-refractivity contribution is 7.13. The Morgan fingerprint density at radius 3 is 2.24 bits per heavy atom. The first-order chi connectivity index (χ1) is 15.9. The van der Waals surface area contributed by atoms with Crippen LogP contribution < -0.4 is 15.7 Å². The van der Waals surface area contributed by atoms with Crippen molar-refractivity contribution in [2.45, 2.75) is 71.4 Å². The molecule has 2 aromatic carbocycles. The second kappa shape index (κ2) is 15.0. The summed E-state index contributed by atoms with van der Waals surface area (Å²) >= 11 is 0. The molecule has 2 aromatic rings. The molecule has 3 N–H and O–H groups in total. The highest BCUT2D eigenvalue weighted by atomic mass is 31.0. The first-order valence-electron chi connectivity index (χ1n) is 12.1. The largest absolute Gasteiger partial charge is 0.326 e. The average molecular weight is 470 g/mol. The molecule has 0 aromatic heterocycles. The van der Waals surface area contributed by atoms with Crippen molar-refractivity contribution in [1.82, 2.24) is 10.4 Å². The van der Waals surface area contributed by atoms with Gasteiger partial charge in [0.1, 0.15) is 0 Å². The summed E-state index contributed by atoms with van der Waals surface area (Å²) in [6, 6.07) is 17.9. The van der Waals surface area contributed by atoms with Crippen molar-refractivity contribution in [3.8, 4) is 0 Å². The number of carbonyl (C=O) groups is 2. The van der Waals surface area contributed by atoms with Crippen molar-refractivity contribution < 1.29 is 9.59 Å². The fraction of sp³-hybridized carbons (Fsp3) is 0.481. The van der Waals surface area contributed by atoms with Gasteiger partial charge in [-0.15, -0.1) is 0 Å². The van der Waals surface area contributed by atoms with E-state index in [4.69, 9.17) is 0 Å². The summed E-state index contributed by atoms with van der Waals surface area (Å²) in [6.45, 7) is 7.07. The molecule has 0 aliphatic carbocycles. The summed E-state index contributed by atoms with van der Waals surface area (Å²) in [5.41, 5.74) is 3.13. The van der Waals surface area contributed by atoms with Crippen molar-refractivity contribution in [2.75, 3.05) is 11.9 Å². The van der Waals surface area contributed by atoms with Crippen LogP contribution in [0.3, 0.4) is 0 Å². The van der Waals surface area contributed by atoms with Crippen LogP contribution in [0.15, 0.2) is 54.6 Å². The van der Waals surface area contributed by atoms with Crippen LogP contribution >= 0.6 is 9.39 Å². The van der Waals surface area contributed by atoms with Crippen molar-refractivity contribution in [3.05, 3.63) is 65.7 Å². The number of anilines is 1. The Labute approximate surface area is 201 Å². The zero-order chi connectivity index (χ0) is 24.1. The highest BCUT2D eigenvalue weighted by Gasteiger charge is 2.27. The summed E-state index contributed by atoms with van der Waals surface area (Å²) in [4.78, 5) is 26.5. The number of rotatable bonds is 15. The predicted octanol–water partition coefficient (Wildman–Crippen LogP) is 4.92. The number of Topliss-reactive ketones (excluding diaryl/α,β-unsaturated/α-hetero) is 1. The van der Waals surface area contributed by atoms with Gasteiger partial charge in [0.05, 0.1) is 6.04 Å². The van der Waals surface area contributed by atoms with E-state index in [9.17, 15) is 9.59 Å². The molecule has 3 atom stereocenters. The van der Waals surface area contributed by atoms with E-state index < -0.39 is 0 Å². The van der Waals surface area contributed by atoms with Crippen molar-refractivity contribution >= 4 is 26.8 Å². The molecular weight excluding hydrogens is 429 g/mol. The van der Waals surface area contributed by atoms with Crippen LogP contribution in [0.25, 0.3) is 0 Å². The van der Waals surface area contributed by atoms with E-state index in [1.165, 1.54) is 5.56 Å². The van der Waals surface area contributed by atoms with E-state index >= 15 is 0 Å². The first-order valence-corrected chi connectivity index (χ1v) is 12.7. The topological polar surface area (TPSA) is 70.2 Å². The van der Waals surface area contributed by atoms with Crippen LogP contribution in [0.4, 0.5) is 5.69 Å². The molecule has 0 bridgehead atoms. The zero-order valence-corrected chi connectivity index (χ0v) is 21.4. The Morgan fingerprint density at radius 2 is 1.64 bits per heavy atom. The monoisotopic (exact) mass is 469 g/mol. The van der Waals surface area contributed by atoms with E-state index in [2.05, 4.69) is 32.0 Å². The highest BCUT2D eigenvalue weighted by Crippen LogP contribution is 2.20. The third kappa shape index (κ3) is 10.2. The van der Waals surface area contributed by atoms with Crippen LogP contribution in [-0.2, 0) is 22.4 Å². The standard InChI is InChI=1S/C27H40N3O2P/c1-4-21-13-15-24(16-14-21)30-27(32)23(12-8-9-17-28-33)19-26(31)25(29-20(2)3)18-22-10-6-5-7-11-22/h5-7,10-11,13-16,20,23,25,28-29H,4,8-9,12,17-19,33H2,1-3H3,(H,30,32)/t23-,25+/m1/s1. The van der Waals surface area contributed by atoms with Gasteiger partial charge in [-0.05, 0) is 55.5 Å². The van der Waals surface area contributed by atoms with Gasteiger partial charge in [0.2, 0.25) is 5.91 Å². The number of amides is 1. The molecule has 0 aliphatic heterocycles.